The van der Waals surface area contributed by atoms with Crippen molar-refractivity contribution in [1.82, 2.24) is 19.3 Å². The van der Waals surface area contributed by atoms with E-state index in [9.17, 15) is 9.59 Å². The van der Waals surface area contributed by atoms with E-state index in [1.165, 1.54) is 42.9 Å². The van der Waals surface area contributed by atoms with Crippen LogP contribution in [0.5, 0.6) is 11.5 Å². The van der Waals surface area contributed by atoms with E-state index in [0.29, 0.717) is 21.8 Å². The summed E-state index contributed by atoms with van der Waals surface area (Å²) in [5.41, 5.74) is 0.683. The first-order valence-corrected chi connectivity index (χ1v) is 9.18. The molecule has 0 radical (unpaired) electrons. The monoisotopic (exact) mass is 405 g/mol. The van der Waals surface area contributed by atoms with Crippen molar-refractivity contribution in [1.29, 1.82) is 0 Å². The summed E-state index contributed by atoms with van der Waals surface area (Å²) in [5.74, 6) is 0.196. The minimum atomic E-state index is -0.429. The number of nitrogens with zero attached hydrogens (tertiary/aromatic N) is 5. The Kier molecular flexibility index (Phi) is 6.04. The number of carbonyl (C=O) groups excluding carboxylic acids is 2. The van der Waals surface area contributed by atoms with Crippen LogP contribution in [0.25, 0.3) is 10.2 Å². The number of esters is 1. The normalized spacial score (nSPS) is 11.6. The van der Waals surface area contributed by atoms with E-state index in [-0.39, 0.29) is 19.7 Å². The lowest BCUT2D eigenvalue weighted by Gasteiger charge is -2.09. The van der Waals surface area contributed by atoms with E-state index in [4.69, 9.17) is 14.2 Å². The molecule has 148 valence electrons. The second-order valence-corrected chi connectivity index (χ2v) is 6.56. The molecular formula is C17H19N5O5S. The van der Waals surface area contributed by atoms with Gasteiger partial charge >= 0.3 is 5.97 Å². The molecule has 1 aromatic carbocycles. The van der Waals surface area contributed by atoms with Gasteiger partial charge in [-0.2, -0.15) is 10.1 Å². The maximum Gasteiger partial charge on any atom is 0.326 e. The zero-order chi connectivity index (χ0) is 20.1. The molecule has 0 bridgehead atoms. The number of thiazole rings is 1. The van der Waals surface area contributed by atoms with Gasteiger partial charge < -0.3 is 18.8 Å². The number of amides is 1. The smallest absolute Gasteiger partial charge is 0.326 e. The van der Waals surface area contributed by atoms with Gasteiger partial charge in [0.05, 0.1) is 31.0 Å². The van der Waals surface area contributed by atoms with Gasteiger partial charge in [0.25, 0.3) is 5.91 Å². The van der Waals surface area contributed by atoms with Crippen molar-refractivity contribution in [2.24, 2.45) is 4.99 Å². The van der Waals surface area contributed by atoms with Gasteiger partial charge in [-0.25, -0.2) is 9.67 Å². The number of hydrogen-bond acceptors (Lipinski definition) is 8. The lowest BCUT2D eigenvalue weighted by atomic mass is 10.3. The molecule has 0 atom stereocenters. The van der Waals surface area contributed by atoms with Crippen molar-refractivity contribution >= 4 is 33.4 Å². The molecule has 3 aromatic rings. The van der Waals surface area contributed by atoms with Gasteiger partial charge in [0.2, 0.25) is 0 Å². The van der Waals surface area contributed by atoms with Crippen molar-refractivity contribution in [3.05, 3.63) is 29.6 Å². The summed E-state index contributed by atoms with van der Waals surface area (Å²) in [5, 5.41) is 3.90. The summed E-state index contributed by atoms with van der Waals surface area (Å²) in [6.45, 7) is 1.85. The van der Waals surface area contributed by atoms with Gasteiger partial charge in [-0.15, -0.1) is 0 Å². The number of rotatable bonds is 7. The molecule has 0 aliphatic rings. The summed E-state index contributed by atoms with van der Waals surface area (Å²) in [7, 11) is 3.07. The fraction of sp³-hybridized carbons (Fsp3) is 0.353. The number of hydrogen-bond donors (Lipinski definition) is 0. The van der Waals surface area contributed by atoms with E-state index in [1.54, 1.807) is 23.6 Å². The number of methoxy groups -OCH3 is 2. The molecule has 10 nitrogen and oxygen atoms in total. The third-order valence-corrected chi connectivity index (χ3v) is 4.81. The highest BCUT2D eigenvalue weighted by atomic mass is 32.1. The molecule has 0 saturated carbocycles. The average Bonchev–Trinajstić information content (AvgIpc) is 3.29. The molecule has 3 rings (SSSR count). The maximum atomic E-state index is 12.3. The van der Waals surface area contributed by atoms with E-state index >= 15 is 0 Å². The standard InChI is InChI=1S/C17H19N5O5S/c1-4-27-16(24)8-22-11-5-12(25-2)13(26-3)6-14(11)28-17(22)20-15(23)7-21-10-18-9-19-21/h5-6,9-10H,4,7-8H2,1-3H3. The number of carbonyl (C=O) groups is 2. The predicted molar refractivity (Wildman–Crippen MR) is 100 cm³/mol. The number of aromatic nitrogens is 4. The molecule has 2 aromatic heterocycles. The van der Waals surface area contributed by atoms with Crippen molar-refractivity contribution in [3.8, 4) is 11.5 Å². The van der Waals surface area contributed by atoms with Crippen LogP contribution in [0.15, 0.2) is 29.8 Å². The fourth-order valence-electron chi connectivity index (χ4n) is 2.57. The Labute approximate surface area is 164 Å². The molecule has 0 saturated heterocycles. The molecule has 2 heterocycles. The van der Waals surface area contributed by atoms with Gasteiger partial charge in [0.1, 0.15) is 25.7 Å². The molecule has 0 unspecified atom stereocenters. The van der Waals surface area contributed by atoms with Gasteiger partial charge in [0.15, 0.2) is 16.3 Å². The lowest BCUT2D eigenvalue weighted by molar-refractivity contribution is -0.143. The summed E-state index contributed by atoms with van der Waals surface area (Å²) >= 11 is 1.26. The lowest BCUT2D eigenvalue weighted by Crippen LogP contribution is -2.24. The average molecular weight is 405 g/mol. The number of fused-ring (bicyclic) bond motifs is 1. The van der Waals surface area contributed by atoms with Gasteiger partial charge in [-0.05, 0) is 6.92 Å². The zero-order valence-corrected chi connectivity index (χ0v) is 16.4. The van der Waals surface area contributed by atoms with Crippen LogP contribution in [0.3, 0.4) is 0 Å². The first kappa shape index (κ1) is 19.5. The first-order chi connectivity index (χ1) is 13.5. The van der Waals surface area contributed by atoms with Crippen LogP contribution in [0, 0.1) is 0 Å². The highest BCUT2D eigenvalue weighted by molar-refractivity contribution is 7.16. The van der Waals surface area contributed by atoms with E-state index in [1.807, 2.05) is 0 Å². The maximum absolute atomic E-state index is 12.3. The molecular weight excluding hydrogens is 386 g/mol. The molecule has 28 heavy (non-hydrogen) atoms. The topological polar surface area (TPSA) is 110 Å². The fourth-order valence-corrected chi connectivity index (χ4v) is 3.62. The zero-order valence-electron chi connectivity index (χ0n) is 15.6. The quantitative estimate of drug-likeness (QED) is 0.539. The van der Waals surface area contributed by atoms with Crippen LogP contribution in [0.2, 0.25) is 0 Å². The van der Waals surface area contributed by atoms with Gasteiger partial charge in [-0.3, -0.25) is 9.59 Å². The van der Waals surface area contributed by atoms with Crippen LogP contribution >= 0.6 is 11.3 Å². The molecule has 0 N–H and O–H groups in total. The Balaban J connectivity index is 2.09. The summed E-state index contributed by atoms with van der Waals surface area (Å²) in [6.07, 6.45) is 2.77. The Hall–Kier alpha value is -3.21. The molecule has 0 aliphatic heterocycles. The Bertz CT molecular complexity index is 1050. The highest BCUT2D eigenvalue weighted by Gasteiger charge is 2.16. The van der Waals surface area contributed by atoms with Crippen molar-refractivity contribution in [3.63, 3.8) is 0 Å². The third-order valence-electron chi connectivity index (χ3n) is 3.76. The highest BCUT2D eigenvalue weighted by Crippen LogP contribution is 2.33. The van der Waals surface area contributed by atoms with E-state index in [0.717, 1.165) is 4.70 Å². The van der Waals surface area contributed by atoms with Crippen LogP contribution in [-0.4, -0.2) is 52.0 Å². The third kappa shape index (κ3) is 4.19. The molecule has 11 heteroatoms. The Morgan fingerprint density at radius 3 is 2.57 bits per heavy atom. The van der Waals surface area contributed by atoms with Crippen molar-refractivity contribution in [2.75, 3.05) is 20.8 Å². The molecule has 0 fully saturated rings. The van der Waals surface area contributed by atoms with E-state index in [2.05, 4.69) is 15.1 Å². The minimum Gasteiger partial charge on any atom is -0.493 e. The second-order valence-electron chi connectivity index (χ2n) is 5.55. The Morgan fingerprint density at radius 1 is 1.18 bits per heavy atom. The minimum absolute atomic E-state index is 0.0553. The molecule has 1 amide bonds. The first-order valence-electron chi connectivity index (χ1n) is 8.36. The predicted octanol–water partition coefficient (Wildman–Crippen LogP) is 1.00. The summed E-state index contributed by atoms with van der Waals surface area (Å²) in [4.78, 5) is 32.7. The van der Waals surface area contributed by atoms with Crippen LogP contribution in [0.1, 0.15) is 6.92 Å². The summed E-state index contributed by atoms with van der Waals surface area (Å²) < 4.78 is 19.5. The van der Waals surface area contributed by atoms with E-state index < -0.39 is 11.9 Å². The molecule has 0 aliphatic carbocycles. The Morgan fingerprint density at radius 2 is 1.93 bits per heavy atom. The van der Waals surface area contributed by atoms with Gasteiger partial charge in [0, 0.05) is 12.1 Å². The van der Waals surface area contributed by atoms with Crippen molar-refractivity contribution in [2.45, 2.75) is 20.0 Å². The van der Waals surface area contributed by atoms with Crippen molar-refractivity contribution < 1.29 is 23.8 Å². The van der Waals surface area contributed by atoms with Crippen LogP contribution in [0.4, 0.5) is 0 Å². The van der Waals surface area contributed by atoms with Crippen LogP contribution in [-0.2, 0) is 27.4 Å². The number of ether oxygens (including phenoxy) is 3. The summed E-state index contributed by atoms with van der Waals surface area (Å²) in [6, 6.07) is 3.52. The van der Waals surface area contributed by atoms with Gasteiger partial charge in [-0.1, -0.05) is 11.3 Å². The number of benzene rings is 1. The molecule has 0 spiro atoms. The SMILES string of the molecule is CCOC(=O)Cn1c(=NC(=O)Cn2cncn2)sc2cc(OC)c(OC)cc21. The van der Waals surface area contributed by atoms with Crippen LogP contribution < -0.4 is 14.3 Å². The second kappa shape index (κ2) is 8.65. The largest absolute Gasteiger partial charge is 0.493 e.